The van der Waals surface area contributed by atoms with Crippen molar-refractivity contribution < 1.29 is 13.2 Å². The molecule has 1 aliphatic rings. The molecule has 0 atom stereocenters. The molecule has 0 N–H and O–H groups in total. The molecule has 13 heavy (non-hydrogen) atoms. The van der Waals surface area contributed by atoms with E-state index < -0.39 is 9.05 Å². The molecular formula is C8H15ClO3S. The van der Waals surface area contributed by atoms with Crippen molar-refractivity contribution >= 4 is 19.7 Å². The molecule has 0 radical (unpaired) electrons. The summed E-state index contributed by atoms with van der Waals surface area (Å²) in [6, 6.07) is 0. The molecular weight excluding hydrogens is 212 g/mol. The first-order valence-corrected chi connectivity index (χ1v) is 7.10. The largest absolute Gasteiger partial charge is 0.378 e. The van der Waals surface area contributed by atoms with Crippen molar-refractivity contribution in [2.24, 2.45) is 0 Å². The Hall–Kier alpha value is 0.200. The Labute approximate surface area is 83.8 Å². The molecule has 0 bridgehead atoms. The first kappa shape index (κ1) is 11.3. The van der Waals surface area contributed by atoms with Crippen molar-refractivity contribution in [3.05, 3.63) is 0 Å². The van der Waals surface area contributed by atoms with E-state index >= 15 is 0 Å². The van der Waals surface area contributed by atoms with Crippen LogP contribution in [0.4, 0.5) is 0 Å². The predicted octanol–water partition coefficient (Wildman–Crippen LogP) is 1.90. The number of ether oxygens (including phenoxy) is 1. The normalized spacial score (nSPS) is 18.5. The monoisotopic (exact) mass is 226 g/mol. The molecule has 0 heterocycles. The first-order chi connectivity index (χ1) is 6.08. The van der Waals surface area contributed by atoms with E-state index in [1.54, 1.807) is 0 Å². The van der Waals surface area contributed by atoms with Gasteiger partial charge in [-0.3, -0.25) is 0 Å². The van der Waals surface area contributed by atoms with Crippen LogP contribution in [-0.2, 0) is 13.8 Å². The van der Waals surface area contributed by atoms with Crippen molar-refractivity contribution in [2.45, 2.75) is 38.2 Å². The van der Waals surface area contributed by atoms with Crippen molar-refractivity contribution in [1.29, 1.82) is 0 Å². The van der Waals surface area contributed by atoms with Gasteiger partial charge in [0.2, 0.25) is 9.05 Å². The zero-order chi connectivity index (χ0) is 9.73. The maximum absolute atomic E-state index is 10.5. The van der Waals surface area contributed by atoms with E-state index in [0.29, 0.717) is 19.1 Å². The van der Waals surface area contributed by atoms with Crippen LogP contribution in [0.2, 0.25) is 0 Å². The highest BCUT2D eigenvalue weighted by Crippen LogP contribution is 2.21. The van der Waals surface area contributed by atoms with Crippen LogP contribution in [0.5, 0.6) is 0 Å². The molecule has 0 aromatic carbocycles. The summed E-state index contributed by atoms with van der Waals surface area (Å²) < 4.78 is 26.5. The van der Waals surface area contributed by atoms with Gasteiger partial charge in [-0.2, -0.15) is 0 Å². The summed E-state index contributed by atoms with van der Waals surface area (Å²) in [5, 5.41) is 0. The number of hydrogen-bond acceptors (Lipinski definition) is 3. The highest BCUT2D eigenvalue weighted by atomic mass is 35.7. The maximum atomic E-state index is 10.5. The quantitative estimate of drug-likeness (QED) is 0.513. The van der Waals surface area contributed by atoms with E-state index in [0.717, 1.165) is 19.3 Å². The highest BCUT2D eigenvalue weighted by molar-refractivity contribution is 8.13. The van der Waals surface area contributed by atoms with Gasteiger partial charge in [-0.1, -0.05) is 0 Å². The molecule has 5 heteroatoms. The van der Waals surface area contributed by atoms with Gasteiger partial charge in [0, 0.05) is 17.3 Å². The third kappa shape index (κ3) is 5.49. The van der Waals surface area contributed by atoms with E-state index in [9.17, 15) is 8.42 Å². The van der Waals surface area contributed by atoms with Crippen LogP contribution in [0.15, 0.2) is 0 Å². The summed E-state index contributed by atoms with van der Waals surface area (Å²) >= 11 is 0. The molecule has 0 aromatic rings. The number of rotatable bonds is 6. The Kier molecular flexibility index (Phi) is 4.49. The summed E-state index contributed by atoms with van der Waals surface area (Å²) in [5.41, 5.74) is 0. The number of hydrogen-bond donors (Lipinski definition) is 0. The van der Waals surface area contributed by atoms with Gasteiger partial charge in [0.05, 0.1) is 11.9 Å². The molecule has 0 saturated heterocycles. The van der Waals surface area contributed by atoms with E-state index in [1.165, 1.54) is 6.42 Å². The molecule has 78 valence electrons. The molecule has 1 saturated carbocycles. The molecule has 0 aliphatic heterocycles. The van der Waals surface area contributed by atoms with Gasteiger partial charge in [0.25, 0.3) is 0 Å². The van der Waals surface area contributed by atoms with Gasteiger partial charge in [0.15, 0.2) is 0 Å². The Morgan fingerprint density at radius 3 is 2.46 bits per heavy atom. The molecule has 0 aromatic heterocycles. The van der Waals surface area contributed by atoms with Gasteiger partial charge in [-0.05, 0) is 32.1 Å². The van der Waals surface area contributed by atoms with E-state index in [2.05, 4.69) is 0 Å². The highest BCUT2D eigenvalue weighted by Gasteiger charge is 2.17. The van der Waals surface area contributed by atoms with Gasteiger partial charge in [0.1, 0.15) is 0 Å². The smallest absolute Gasteiger partial charge is 0.232 e. The molecule has 0 spiro atoms. The van der Waals surface area contributed by atoms with Crippen LogP contribution < -0.4 is 0 Å². The van der Waals surface area contributed by atoms with Crippen LogP contribution >= 0.6 is 10.7 Å². The van der Waals surface area contributed by atoms with Gasteiger partial charge < -0.3 is 4.74 Å². The van der Waals surface area contributed by atoms with Crippen LogP contribution in [0.25, 0.3) is 0 Å². The van der Waals surface area contributed by atoms with Crippen molar-refractivity contribution in [2.75, 3.05) is 12.4 Å². The molecule has 1 aliphatic carbocycles. The summed E-state index contributed by atoms with van der Waals surface area (Å²) in [7, 11) is 1.74. The first-order valence-electron chi connectivity index (χ1n) is 4.62. The lowest BCUT2D eigenvalue weighted by molar-refractivity contribution is 0.00124. The minimum absolute atomic E-state index is 0.0581. The summed E-state index contributed by atoms with van der Waals surface area (Å²) in [4.78, 5) is 0. The predicted molar refractivity (Wildman–Crippen MR) is 52.5 cm³/mol. The summed E-state index contributed by atoms with van der Waals surface area (Å²) in [6.45, 7) is 0.664. The second-order valence-corrected chi connectivity index (χ2v) is 6.27. The lowest BCUT2D eigenvalue weighted by atomic mass is 9.96. The summed E-state index contributed by atoms with van der Waals surface area (Å²) in [5.74, 6) is 0.0581. The second kappa shape index (κ2) is 5.17. The molecule has 0 unspecified atom stereocenters. The van der Waals surface area contributed by atoms with Crippen molar-refractivity contribution in [3.63, 3.8) is 0 Å². The average molecular weight is 227 g/mol. The molecule has 0 amide bonds. The lowest BCUT2D eigenvalue weighted by Crippen LogP contribution is -2.22. The van der Waals surface area contributed by atoms with Gasteiger partial charge >= 0.3 is 0 Å². The Balaban J connectivity index is 1.89. The molecule has 3 nitrogen and oxygen atoms in total. The van der Waals surface area contributed by atoms with Crippen molar-refractivity contribution in [1.82, 2.24) is 0 Å². The van der Waals surface area contributed by atoms with Crippen LogP contribution in [0.3, 0.4) is 0 Å². The average Bonchev–Trinajstić information content (AvgIpc) is 1.90. The lowest BCUT2D eigenvalue weighted by Gasteiger charge is -2.25. The minimum atomic E-state index is -3.30. The zero-order valence-electron chi connectivity index (χ0n) is 7.54. The Morgan fingerprint density at radius 1 is 1.31 bits per heavy atom. The SMILES string of the molecule is O=S(=O)(Cl)CCCCOC1CCC1. The molecule has 1 rings (SSSR count). The van der Waals surface area contributed by atoms with Gasteiger partial charge in [-0.25, -0.2) is 8.42 Å². The van der Waals surface area contributed by atoms with E-state index in [-0.39, 0.29) is 5.75 Å². The third-order valence-electron chi connectivity index (χ3n) is 2.19. The fraction of sp³-hybridized carbons (Fsp3) is 1.00. The van der Waals surface area contributed by atoms with E-state index in [4.69, 9.17) is 15.4 Å². The Bertz CT molecular complexity index is 234. The second-order valence-electron chi connectivity index (χ2n) is 3.37. The third-order valence-corrected chi connectivity index (χ3v) is 3.43. The standard InChI is InChI=1S/C8H15ClO3S/c9-13(10,11)7-2-1-6-12-8-4-3-5-8/h8H,1-7H2. The van der Waals surface area contributed by atoms with Crippen LogP contribution in [0, 0.1) is 0 Å². The summed E-state index contributed by atoms with van der Waals surface area (Å²) in [6.07, 6.45) is 5.40. The zero-order valence-corrected chi connectivity index (χ0v) is 9.11. The topological polar surface area (TPSA) is 43.4 Å². The maximum Gasteiger partial charge on any atom is 0.232 e. The fourth-order valence-corrected chi connectivity index (χ4v) is 2.04. The Morgan fingerprint density at radius 2 is 2.00 bits per heavy atom. The van der Waals surface area contributed by atoms with Crippen LogP contribution in [-0.4, -0.2) is 26.9 Å². The fourth-order valence-electron chi connectivity index (χ4n) is 1.16. The van der Waals surface area contributed by atoms with E-state index in [1.807, 2.05) is 0 Å². The number of halogens is 1. The van der Waals surface area contributed by atoms with Gasteiger partial charge in [-0.15, -0.1) is 0 Å². The molecule has 1 fully saturated rings. The van der Waals surface area contributed by atoms with Crippen LogP contribution in [0.1, 0.15) is 32.1 Å². The minimum Gasteiger partial charge on any atom is -0.378 e. The van der Waals surface area contributed by atoms with Crippen molar-refractivity contribution in [3.8, 4) is 0 Å². The number of unbranched alkanes of at least 4 members (excludes halogenated alkanes) is 1.